The van der Waals surface area contributed by atoms with E-state index in [4.69, 9.17) is 16.7 Å². The molecule has 0 aliphatic heterocycles. The second-order valence-electron chi connectivity index (χ2n) is 2.70. The first-order chi connectivity index (χ1) is 5.65. The monoisotopic (exact) mass is 186 g/mol. The van der Waals surface area contributed by atoms with Crippen molar-refractivity contribution in [2.45, 2.75) is 13.3 Å². The van der Waals surface area contributed by atoms with Crippen molar-refractivity contribution in [2.75, 3.05) is 6.61 Å². The van der Waals surface area contributed by atoms with E-state index in [1.54, 1.807) is 12.1 Å². The number of benzene rings is 1. The van der Waals surface area contributed by atoms with E-state index < -0.39 is 0 Å². The third-order valence-corrected chi connectivity index (χ3v) is 2.15. The minimum atomic E-state index is 0.0208. The Labute approximate surface area is 76.4 Å². The van der Waals surface area contributed by atoms with Gasteiger partial charge in [-0.25, -0.2) is 0 Å². The molecule has 2 nitrogen and oxygen atoms in total. The van der Waals surface area contributed by atoms with Crippen molar-refractivity contribution in [1.82, 2.24) is 0 Å². The fraction of sp³-hybridized carbons (Fsp3) is 0.333. The predicted octanol–water partition coefficient (Wildman–Crippen LogP) is 1.89. The number of rotatable bonds is 2. The predicted molar refractivity (Wildman–Crippen MR) is 48.6 cm³/mol. The molecule has 0 amide bonds. The summed E-state index contributed by atoms with van der Waals surface area (Å²) < 4.78 is 0. The number of hydrogen-bond acceptors (Lipinski definition) is 2. The van der Waals surface area contributed by atoms with E-state index in [-0.39, 0.29) is 12.4 Å². The molecule has 0 saturated carbocycles. The maximum Gasteiger partial charge on any atom is 0.119 e. The van der Waals surface area contributed by atoms with Gasteiger partial charge in [-0.3, -0.25) is 0 Å². The fourth-order valence-corrected chi connectivity index (χ4v) is 1.21. The highest BCUT2D eigenvalue weighted by molar-refractivity contribution is 6.31. The molecule has 12 heavy (non-hydrogen) atoms. The lowest BCUT2D eigenvalue weighted by atomic mass is 10.1. The number of phenols is 1. The first-order valence-electron chi connectivity index (χ1n) is 3.74. The molecule has 1 aromatic carbocycles. The van der Waals surface area contributed by atoms with Gasteiger partial charge in [-0.2, -0.15) is 0 Å². The third-order valence-electron chi connectivity index (χ3n) is 1.74. The molecule has 0 atom stereocenters. The summed E-state index contributed by atoms with van der Waals surface area (Å²) in [6.07, 6.45) is 0.436. The van der Waals surface area contributed by atoms with E-state index in [9.17, 15) is 5.11 Å². The van der Waals surface area contributed by atoms with Crippen molar-refractivity contribution >= 4 is 11.6 Å². The van der Waals surface area contributed by atoms with Gasteiger partial charge in [0.2, 0.25) is 0 Å². The third kappa shape index (κ3) is 1.90. The van der Waals surface area contributed by atoms with Crippen LogP contribution in [-0.2, 0) is 6.42 Å². The Hall–Kier alpha value is -0.730. The zero-order chi connectivity index (χ0) is 9.14. The molecular weight excluding hydrogens is 176 g/mol. The van der Waals surface area contributed by atoms with Crippen LogP contribution in [-0.4, -0.2) is 16.8 Å². The molecule has 0 fully saturated rings. The molecule has 0 saturated heterocycles. The molecule has 0 radical (unpaired) electrons. The van der Waals surface area contributed by atoms with Gasteiger partial charge in [0, 0.05) is 11.6 Å². The van der Waals surface area contributed by atoms with Crippen LogP contribution in [0.4, 0.5) is 0 Å². The van der Waals surface area contributed by atoms with Crippen LogP contribution in [0.3, 0.4) is 0 Å². The lowest BCUT2D eigenvalue weighted by molar-refractivity contribution is 0.297. The Morgan fingerprint density at radius 1 is 1.42 bits per heavy atom. The van der Waals surface area contributed by atoms with Crippen molar-refractivity contribution in [3.8, 4) is 5.75 Å². The molecule has 1 aromatic rings. The SMILES string of the molecule is Cc1cc(O)c(CCO)cc1Cl. The van der Waals surface area contributed by atoms with E-state index in [0.717, 1.165) is 5.56 Å². The van der Waals surface area contributed by atoms with Gasteiger partial charge in [0.1, 0.15) is 5.75 Å². The molecule has 0 aliphatic rings. The van der Waals surface area contributed by atoms with Crippen molar-refractivity contribution in [1.29, 1.82) is 0 Å². The summed E-state index contributed by atoms with van der Waals surface area (Å²) in [5.41, 5.74) is 1.53. The van der Waals surface area contributed by atoms with Crippen LogP contribution < -0.4 is 0 Å². The maximum atomic E-state index is 9.38. The number of halogens is 1. The van der Waals surface area contributed by atoms with Gasteiger partial charge < -0.3 is 10.2 Å². The molecule has 0 heterocycles. The van der Waals surface area contributed by atoms with Gasteiger partial charge in [0.05, 0.1) is 0 Å². The molecule has 1 rings (SSSR count). The standard InChI is InChI=1S/C9H11ClO2/c1-6-4-9(12)7(2-3-11)5-8(6)10/h4-5,11-12H,2-3H2,1H3. The first-order valence-corrected chi connectivity index (χ1v) is 4.12. The van der Waals surface area contributed by atoms with E-state index in [1.165, 1.54) is 0 Å². The zero-order valence-electron chi connectivity index (χ0n) is 6.84. The number of aliphatic hydroxyl groups excluding tert-OH is 1. The van der Waals surface area contributed by atoms with E-state index in [0.29, 0.717) is 17.0 Å². The average Bonchev–Trinajstić information content (AvgIpc) is 2.01. The first kappa shape index (κ1) is 9.36. The Kier molecular flexibility index (Phi) is 2.95. The van der Waals surface area contributed by atoms with Gasteiger partial charge in [-0.15, -0.1) is 0 Å². The van der Waals surface area contributed by atoms with Crippen molar-refractivity contribution in [3.05, 3.63) is 28.3 Å². The highest BCUT2D eigenvalue weighted by Gasteiger charge is 2.03. The summed E-state index contributed by atoms with van der Waals surface area (Å²) in [4.78, 5) is 0. The van der Waals surface area contributed by atoms with Crippen LogP contribution >= 0.6 is 11.6 Å². The highest BCUT2D eigenvalue weighted by Crippen LogP contribution is 2.25. The molecule has 0 bridgehead atoms. The van der Waals surface area contributed by atoms with Crippen molar-refractivity contribution in [3.63, 3.8) is 0 Å². The van der Waals surface area contributed by atoms with Gasteiger partial charge >= 0.3 is 0 Å². The normalized spacial score (nSPS) is 10.2. The second-order valence-corrected chi connectivity index (χ2v) is 3.11. The number of hydrogen-bond donors (Lipinski definition) is 2. The minimum absolute atomic E-state index is 0.0208. The van der Waals surface area contributed by atoms with Crippen LogP contribution in [0.15, 0.2) is 12.1 Å². The number of phenolic OH excluding ortho intramolecular Hbond substituents is 1. The quantitative estimate of drug-likeness (QED) is 0.741. The van der Waals surface area contributed by atoms with Gasteiger partial charge in [-0.1, -0.05) is 11.6 Å². The van der Waals surface area contributed by atoms with Gasteiger partial charge in [0.25, 0.3) is 0 Å². The van der Waals surface area contributed by atoms with Crippen LogP contribution in [0, 0.1) is 6.92 Å². The zero-order valence-corrected chi connectivity index (χ0v) is 7.60. The number of aliphatic hydroxyl groups is 1. The van der Waals surface area contributed by atoms with Crippen molar-refractivity contribution in [2.24, 2.45) is 0 Å². The van der Waals surface area contributed by atoms with Crippen LogP contribution in [0.25, 0.3) is 0 Å². The van der Waals surface area contributed by atoms with E-state index in [2.05, 4.69) is 0 Å². The molecular formula is C9H11ClO2. The van der Waals surface area contributed by atoms with Gasteiger partial charge in [0.15, 0.2) is 0 Å². The maximum absolute atomic E-state index is 9.38. The molecule has 2 N–H and O–H groups in total. The Balaban J connectivity index is 3.05. The fourth-order valence-electron chi connectivity index (χ4n) is 1.03. The van der Waals surface area contributed by atoms with Crippen LogP contribution in [0.1, 0.15) is 11.1 Å². The smallest absolute Gasteiger partial charge is 0.119 e. The number of aromatic hydroxyl groups is 1. The summed E-state index contributed by atoms with van der Waals surface area (Å²) in [6, 6.07) is 3.29. The Bertz CT molecular complexity index is 284. The van der Waals surface area contributed by atoms with Gasteiger partial charge in [-0.05, 0) is 36.6 Å². The van der Waals surface area contributed by atoms with Crippen LogP contribution in [0.5, 0.6) is 5.75 Å². The lowest BCUT2D eigenvalue weighted by Gasteiger charge is -2.05. The summed E-state index contributed by atoms with van der Waals surface area (Å²) in [5.74, 6) is 0.200. The molecule has 0 aromatic heterocycles. The molecule has 66 valence electrons. The minimum Gasteiger partial charge on any atom is -0.508 e. The molecule has 0 aliphatic carbocycles. The lowest BCUT2D eigenvalue weighted by Crippen LogP contribution is -1.92. The summed E-state index contributed by atoms with van der Waals surface area (Å²) in [5, 5.41) is 18.6. The molecule has 0 spiro atoms. The Morgan fingerprint density at radius 2 is 2.08 bits per heavy atom. The largest absolute Gasteiger partial charge is 0.508 e. The van der Waals surface area contributed by atoms with E-state index in [1.807, 2.05) is 6.92 Å². The highest BCUT2D eigenvalue weighted by atomic mass is 35.5. The Morgan fingerprint density at radius 3 is 2.67 bits per heavy atom. The number of aryl methyl sites for hydroxylation is 1. The summed E-state index contributed by atoms with van der Waals surface area (Å²) >= 11 is 5.83. The second kappa shape index (κ2) is 3.78. The molecule has 3 heteroatoms. The van der Waals surface area contributed by atoms with Crippen molar-refractivity contribution < 1.29 is 10.2 Å². The summed E-state index contributed by atoms with van der Waals surface area (Å²) in [7, 11) is 0. The van der Waals surface area contributed by atoms with Crippen LogP contribution in [0.2, 0.25) is 5.02 Å². The average molecular weight is 187 g/mol. The molecule has 0 unspecified atom stereocenters. The van der Waals surface area contributed by atoms with E-state index >= 15 is 0 Å². The topological polar surface area (TPSA) is 40.5 Å². The summed E-state index contributed by atoms with van der Waals surface area (Å²) in [6.45, 7) is 1.84.